The maximum Gasteiger partial charge on any atom is 0.0314 e. The predicted octanol–water partition coefficient (Wildman–Crippen LogP) is 5.21. The molecule has 4 N–H and O–H groups in total. The summed E-state index contributed by atoms with van der Waals surface area (Å²) in [5.41, 5.74) is 17.8. The van der Waals surface area contributed by atoms with E-state index in [-0.39, 0.29) is 0 Å². The Labute approximate surface area is 132 Å². The standard InChI is InChI=1S/C18H16N2.C2H6/c19-15-9-5-13(6-10-15)17-3-1-2-4-18(17)14-7-11-16(20)12-8-14;1-2/h1-12H,19-20H2;1-2H3. The Morgan fingerprint density at radius 2 is 0.818 bits per heavy atom. The van der Waals surface area contributed by atoms with Crippen LogP contribution < -0.4 is 11.5 Å². The van der Waals surface area contributed by atoms with Crippen LogP contribution in [0.3, 0.4) is 0 Å². The molecule has 0 unspecified atom stereocenters. The number of anilines is 2. The number of hydrogen-bond acceptors (Lipinski definition) is 2. The molecule has 0 aliphatic rings. The number of nitrogens with two attached hydrogens (primary N) is 2. The van der Waals surface area contributed by atoms with Gasteiger partial charge in [-0.05, 0) is 46.5 Å². The zero-order valence-corrected chi connectivity index (χ0v) is 13.1. The van der Waals surface area contributed by atoms with Crippen LogP contribution in [0.5, 0.6) is 0 Å². The van der Waals surface area contributed by atoms with E-state index >= 15 is 0 Å². The highest BCUT2D eigenvalue weighted by atomic mass is 14.5. The molecule has 0 aliphatic heterocycles. The second kappa shape index (κ2) is 7.32. The smallest absolute Gasteiger partial charge is 0.0314 e. The molecule has 3 aromatic rings. The van der Waals surface area contributed by atoms with E-state index < -0.39 is 0 Å². The molecule has 0 heterocycles. The van der Waals surface area contributed by atoms with Crippen molar-refractivity contribution in [3.8, 4) is 22.3 Å². The van der Waals surface area contributed by atoms with Crippen molar-refractivity contribution >= 4 is 11.4 Å². The molecular formula is C20H22N2. The molecule has 2 nitrogen and oxygen atoms in total. The molecular weight excluding hydrogens is 268 g/mol. The van der Waals surface area contributed by atoms with Crippen LogP contribution in [0, 0.1) is 0 Å². The van der Waals surface area contributed by atoms with E-state index in [0.29, 0.717) is 0 Å². The van der Waals surface area contributed by atoms with Gasteiger partial charge in [0.05, 0.1) is 0 Å². The molecule has 0 saturated heterocycles. The third kappa shape index (κ3) is 3.47. The number of rotatable bonds is 2. The van der Waals surface area contributed by atoms with Gasteiger partial charge in [-0.25, -0.2) is 0 Å². The topological polar surface area (TPSA) is 52.0 Å². The minimum atomic E-state index is 0.777. The SMILES string of the molecule is CC.Nc1ccc(-c2ccccc2-c2ccc(N)cc2)cc1. The third-order valence-electron chi connectivity index (χ3n) is 3.37. The van der Waals surface area contributed by atoms with Crippen LogP contribution in [0.4, 0.5) is 11.4 Å². The third-order valence-corrected chi connectivity index (χ3v) is 3.37. The first-order valence-corrected chi connectivity index (χ1v) is 7.55. The van der Waals surface area contributed by atoms with Crippen LogP contribution in [0.15, 0.2) is 72.8 Å². The summed E-state index contributed by atoms with van der Waals surface area (Å²) >= 11 is 0. The predicted molar refractivity (Wildman–Crippen MR) is 97.5 cm³/mol. The molecule has 3 aromatic carbocycles. The van der Waals surface area contributed by atoms with Gasteiger partial charge in [-0.1, -0.05) is 62.4 Å². The molecule has 0 fully saturated rings. The fraction of sp³-hybridized carbons (Fsp3) is 0.100. The summed E-state index contributed by atoms with van der Waals surface area (Å²) in [5.74, 6) is 0. The molecule has 0 saturated carbocycles. The summed E-state index contributed by atoms with van der Waals surface area (Å²) < 4.78 is 0. The Bertz CT molecular complexity index is 649. The monoisotopic (exact) mass is 290 g/mol. The number of hydrogen-bond donors (Lipinski definition) is 2. The Kier molecular flexibility index (Phi) is 5.21. The second-order valence-corrected chi connectivity index (χ2v) is 4.79. The summed E-state index contributed by atoms with van der Waals surface area (Å²) in [6, 6.07) is 24.2. The first kappa shape index (κ1) is 15.6. The fourth-order valence-corrected chi connectivity index (χ4v) is 2.31. The normalized spacial score (nSPS) is 9.73. The van der Waals surface area contributed by atoms with Gasteiger partial charge in [-0.15, -0.1) is 0 Å². The van der Waals surface area contributed by atoms with Crippen LogP contribution in [0.25, 0.3) is 22.3 Å². The molecule has 0 aliphatic carbocycles. The van der Waals surface area contributed by atoms with Gasteiger partial charge in [0.25, 0.3) is 0 Å². The summed E-state index contributed by atoms with van der Waals surface area (Å²) in [6.45, 7) is 4.00. The van der Waals surface area contributed by atoms with E-state index in [2.05, 4.69) is 12.1 Å². The first-order chi connectivity index (χ1) is 10.7. The van der Waals surface area contributed by atoms with E-state index in [1.807, 2.05) is 74.5 Å². The van der Waals surface area contributed by atoms with Crippen LogP contribution >= 0.6 is 0 Å². The highest BCUT2D eigenvalue weighted by molar-refractivity contribution is 5.84. The molecule has 2 heteroatoms. The molecule has 0 aromatic heterocycles. The average Bonchev–Trinajstić information content (AvgIpc) is 2.58. The van der Waals surface area contributed by atoms with Gasteiger partial charge in [-0.3, -0.25) is 0 Å². The number of nitrogen functional groups attached to an aromatic ring is 2. The summed E-state index contributed by atoms with van der Waals surface area (Å²) in [6.07, 6.45) is 0. The Balaban J connectivity index is 0.000000847. The van der Waals surface area contributed by atoms with Crippen LogP contribution in [0.1, 0.15) is 13.8 Å². The van der Waals surface area contributed by atoms with Crippen molar-refractivity contribution in [1.82, 2.24) is 0 Å². The van der Waals surface area contributed by atoms with Gasteiger partial charge >= 0.3 is 0 Å². The van der Waals surface area contributed by atoms with E-state index in [0.717, 1.165) is 22.5 Å². The first-order valence-electron chi connectivity index (χ1n) is 7.55. The van der Waals surface area contributed by atoms with Crippen LogP contribution in [-0.2, 0) is 0 Å². The van der Waals surface area contributed by atoms with Crippen molar-refractivity contribution in [2.24, 2.45) is 0 Å². The quantitative estimate of drug-likeness (QED) is 0.636. The zero-order chi connectivity index (χ0) is 15.9. The van der Waals surface area contributed by atoms with E-state index in [4.69, 9.17) is 11.5 Å². The van der Waals surface area contributed by atoms with Gasteiger partial charge in [0.2, 0.25) is 0 Å². The second-order valence-electron chi connectivity index (χ2n) is 4.79. The lowest BCUT2D eigenvalue weighted by molar-refractivity contribution is 1.50. The summed E-state index contributed by atoms with van der Waals surface area (Å²) in [5, 5.41) is 0. The lowest BCUT2D eigenvalue weighted by Crippen LogP contribution is -1.88. The Hall–Kier alpha value is -2.74. The average molecular weight is 290 g/mol. The van der Waals surface area contributed by atoms with Gasteiger partial charge in [0, 0.05) is 11.4 Å². The van der Waals surface area contributed by atoms with Crippen molar-refractivity contribution in [2.75, 3.05) is 11.5 Å². The van der Waals surface area contributed by atoms with Crippen molar-refractivity contribution in [2.45, 2.75) is 13.8 Å². The highest BCUT2D eigenvalue weighted by Crippen LogP contribution is 2.32. The molecule has 112 valence electrons. The van der Waals surface area contributed by atoms with Gasteiger partial charge < -0.3 is 11.5 Å². The van der Waals surface area contributed by atoms with Crippen LogP contribution in [-0.4, -0.2) is 0 Å². The minimum absolute atomic E-state index is 0.777. The molecule has 0 amide bonds. The molecule has 0 bridgehead atoms. The largest absolute Gasteiger partial charge is 0.399 e. The zero-order valence-electron chi connectivity index (χ0n) is 13.1. The van der Waals surface area contributed by atoms with Crippen molar-refractivity contribution in [3.63, 3.8) is 0 Å². The van der Waals surface area contributed by atoms with E-state index in [1.54, 1.807) is 0 Å². The lowest BCUT2D eigenvalue weighted by atomic mass is 9.94. The summed E-state index contributed by atoms with van der Waals surface area (Å²) in [7, 11) is 0. The van der Waals surface area contributed by atoms with Gasteiger partial charge in [-0.2, -0.15) is 0 Å². The number of benzene rings is 3. The van der Waals surface area contributed by atoms with Crippen molar-refractivity contribution in [1.29, 1.82) is 0 Å². The maximum absolute atomic E-state index is 5.76. The van der Waals surface area contributed by atoms with Gasteiger partial charge in [0.15, 0.2) is 0 Å². The lowest BCUT2D eigenvalue weighted by Gasteiger charge is -2.10. The minimum Gasteiger partial charge on any atom is -0.399 e. The van der Waals surface area contributed by atoms with E-state index in [1.165, 1.54) is 11.1 Å². The van der Waals surface area contributed by atoms with E-state index in [9.17, 15) is 0 Å². The molecule has 0 atom stereocenters. The molecule has 0 radical (unpaired) electrons. The van der Waals surface area contributed by atoms with Crippen molar-refractivity contribution in [3.05, 3.63) is 72.8 Å². The summed E-state index contributed by atoms with van der Waals surface area (Å²) in [4.78, 5) is 0. The van der Waals surface area contributed by atoms with Crippen molar-refractivity contribution < 1.29 is 0 Å². The fourth-order valence-electron chi connectivity index (χ4n) is 2.31. The van der Waals surface area contributed by atoms with Crippen LogP contribution in [0.2, 0.25) is 0 Å². The molecule has 0 spiro atoms. The Morgan fingerprint density at radius 3 is 1.14 bits per heavy atom. The Morgan fingerprint density at radius 1 is 0.500 bits per heavy atom. The maximum atomic E-state index is 5.76. The van der Waals surface area contributed by atoms with Gasteiger partial charge in [0.1, 0.15) is 0 Å². The molecule has 3 rings (SSSR count). The molecule has 22 heavy (non-hydrogen) atoms. The highest BCUT2D eigenvalue weighted by Gasteiger charge is 2.06.